The van der Waals surface area contributed by atoms with Crippen molar-refractivity contribution < 1.29 is 9.50 Å². The van der Waals surface area contributed by atoms with Crippen molar-refractivity contribution >= 4 is 21.6 Å². The van der Waals surface area contributed by atoms with Crippen molar-refractivity contribution in [1.29, 1.82) is 0 Å². The monoisotopic (exact) mass is 315 g/mol. The molecule has 100 valence electrons. The molecule has 0 aliphatic heterocycles. The Balaban J connectivity index is 1.99. The maximum Gasteiger partial charge on any atom is 0.146 e. The second-order valence-corrected chi connectivity index (χ2v) is 6.03. The molecular weight excluding hydrogens is 297 g/mol. The predicted molar refractivity (Wildman–Crippen MR) is 75.2 cm³/mol. The Hall–Kier alpha value is -0.610. The first-order chi connectivity index (χ1) is 8.59. The molecule has 0 aromatic heterocycles. The van der Waals surface area contributed by atoms with E-state index < -0.39 is 5.60 Å². The van der Waals surface area contributed by atoms with Crippen LogP contribution in [-0.2, 0) is 0 Å². The summed E-state index contributed by atoms with van der Waals surface area (Å²) in [7, 11) is 0. The highest BCUT2D eigenvalue weighted by Gasteiger charge is 2.27. The molecule has 0 radical (unpaired) electrons. The fourth-order valence-corrected chi connectivity index (χ4v) is 2.82. The molecule has 0 heterocycles. The van der Waals surface area contributed by atoms with Gasteiger partial charge in [0.25, 0.3) is 0 Å². The first-order valence-electron chi connectivity index (χ1n) is 6.50. The number of anilines is 1. The van der Waals surface area contributed by atoms with Crippen LogP contribution in [0.15, 0.2) is 22.7 Å². The molecule has 2 N–H and O–H groups in total. The summed E-state index contributed by atoms with van der Waals surface area (Å²) in [4.78, 5) is 0. The van der Waals surface area contributed by atoms with Gasteiger partial charge in [-0.3, -0.25) is 0 Å². The Labute approximate surface area is 116 Å². The Morgan fingerprint density at radius 3 is 2.56 bits per heavy atom. The van der Waals surface area contributed by atoms with Crippen LogP contribution in [0.4, 0.5) is 10.1 Å². The maximum atomic E-state index is 13.6. The van der Waals surface area contributed by atoms with Crippen LogP contribution in [-0.4, -0.2) is 17.3 Å². The van der Waals surface area contributed by atoms with E-state index in [-0.39, 0.29) is 5.82 Å². The molecule has 2 nitrogen and oxygen atoms in total. The average Bonchev–Trinajstić information content (AvgIpc) is 2.56. The fraction of sp³-hybridized carbons (Fsp3) is 0.571. The highest BCUT2D eigenvalue weighted by molar-refractivity contribution is 9.10. The highest BCUT2D eigenvalue weighted by Crippen LogP contribution is 2.28. The van der Waals surface area contributed by atoms with Crippen LogP contribution >= 0.6 is 15.9 Å². The van der Waals surface area contributed by atoms with E-state index in [4.69, 9.17) is 0 Å². The van der Waals surface area contributed by atoms with Crippen LogP contribution in [0, 0.1) is 5.82 Å². The fourth-order valence-electron chi connectivity index (χ4n) is 2.46. The van der Waals surface area contributed by atoms with E-state index in [1.54, 1.807) is 12.1 Å². The number of benzene rings is 1. The lowest BCUT2D eigenvalue weighted by atomic mass is 9.94. The summed E-state index contributed by atoms with van der Waals surface area (Å²) in [6.07, 6.45) is 6.09. The van der Waals surface area contributed by atoms with Crippen molar-refractivity contribution in [3.8, 4) is 0 Å². The molecule has 0 atom stereocenters. The Kier molecular flexibility index (Phi) is 4.62. The number of hydrogen-bond acceptors (Lipinski definition) is 2. The first-order valence-corrected chi connectivity index (χ1v) is 7.30. The molecule has 2 rings (SSSR count). The van der Waals surface area contributed by atoms with Gasteiger partial charge in [0.15, 0.2) is 0 Å². The molecule has 4 heteroatoms. The van der Waals surface area contributed by atoms with Crippen LogP contribution in [0.2, 0.25) is 0 Å². The highest BCUT2D eigenvalue weighted by atomic mass is 79.9. The number of hydrogen-bond donors (Lipinski definition) is 2. The molecule has 0 amide bonds. The molecular formula is C14H19BrFNO. The van der Waals surface area contributed by atoms with Gasteiger partial charge < -0.3 is 10.4 Å². The normalized spacial score (nSPS) is 19.3. The molecule has 0 bridgehead atoms. The van der Waals surface area contributed by atoms with E-state index in [9.17, 15) is 9.50 Å². The standard InChI is InChI=1S/C14H19BrFNO/c15-11-5-6-12(16)13(9-11)17-10-14(18)7-3-1-2-4-8-14/h5-6,9,17-18H,1-4,7-8,10H2. The van der Waals surface area contributed by atoms with Gasteiger partial charge in [0.1, 0.15) is 5.82 Å². The van der Waals surface area contributed by atoms with Crippen molar-refractivity contribution in [3.63, 3.8) is 0 Å². The Bertz CT molecular complexity index is 403. The zero-order valence-corrected chi connectivity index (χ0v) is 12.0. The number of rotatable bonds is 3. The SMILES string of the molecule is OC1(CNc2cc(Br)ccc2F)CCCCCC1. The summed E-state index contributed by atoms with van der Waals surface area (Å²) in [6, 6.07) is 4.79. The second-order valence-electron chi connectivity index (χ2n) is 5.12. The first kappa shape index (κ1) is 13.8. The summed E-state index contributed by atoms with van der Waals surface area (Å²) < 4.78 is 14.4. The third kappa shape index (κ3) is 3.69. The van der Waals surface area contributed by atoms with Crippen molar-refractivity contribution in [2.24, 2.45) is 0 Å². The molecule has 0 spiro atoms. The Morgan fingerprint density at radius 2 is 1.89 bits per heavy atom. The van der Waals surface area contributed by atoms with Crippen LogP contribution in [0.3, 0.4) is 0 Å². The van der Waals surface area contributed by atoms with Crippen molar-refractivity contribution in [1.82, 2.24) is 0 Å². The topological polar surface area (TPSA) is 32.3 Å². The maximum absolute atomic E-state index is 13.6. The lowest BCUT2D eigenvalue weighted by Gasteiger charge is -2.27. The van der Waals surface area contributed by atoms with Gasteiger partial charge in [-0.15, -0.1) is 0 Å². The zero-order chi connectivity index (χ0) is 13.0. The molecule has 1 aliphatic carbocycles. The van der Waals surface area contributed by atoms with Gasteiger partial charge in [0.2, 0.25) is 0 Å². The zero-order valence-electron chi connectivity index (χ0n) is 10.4. The van der Waals surface area contributed by atoms with Crippen molar-refractivity contribution in [2.75, 3.05) is 11.9 Å². The second kappa shape index (κ2) is 6.02. The summed E-state index contributed by atoms with van der Waals surface area (Å²) in [6.45, 7) is 0.417. The number of aliphatic hydroxyl groups is 1. The van der Waals surface area contributed by atoms with Gasteiger partial charge in [0.05, 0.1) is 11.3 Å². The van der Waals surface area contributed by atoms with Gasteiger partial charge in [-0.05, 0) is 31.0 Å². The van der Waals surface area contributed by atoms with Gasteiger partial charge in [-0.2, -0.15) is 0 Å². The lowest BCUT2D eigenvalue weighted by Crippen LogP contribution is -2.36. The molecule has 18 heavy (non-hydrogen) atoms. The van der Waals surface area contributed by atoms with E-state index in [1.807, 2.05) is 0 Å². The van der Waals surface area contributed by atoms with Crippen molar-refractivity contribution in [2.45, 2.75) is 44.1 Å². The van der Waals surface area contributed by atoms with E-state index in [1.165, 1.54) is 18.9 Å². The van der Waals surface area contributed by atoms with Crippen LogP contribution in [0.25, 0.3) is 0 Å². The minimum Gasteiger partial charge on any atom is -0.388 e. The van der Waals surface area contributed by atoms with Crippen LogP contribution in [0.5, 0.6) is 0 Å². The van der Waals surface area contributed by atoms with Crippen molar-refractivity contribution in [3.05, 3.63) is 28.5 Å². The van der Waals surface area contributed by atoms with Crippen LogP contribution in [0.1, 0.15) is 38.5 Å². The third-order valence-electron chi connectivity index (χ3n) is 3.57. The van der Waals surface area contributed by atoms with E-state index >= 15 is 0 Å². The number of nitrogens with one attached hydrogen (secondary N) is 1. The molecule has 1 fully saturated rings. The minimum atomic E-state index is -0.689. The smallest absolute Gasteiger partial charge is 0.146 e. The largest absolute Gasteiger partial charge is 0.388 e. The van der Waals surface area contributed by atoms with E-state index in [2.05, 4.69) is 21.2 Å². The third-order valence-corrected chi connectivity index (χ3v) is 4.06. The average molecular weight is 316 g/mol. The van der Waals surface area contributed by atoms with Gasteiger partial charge in [0, 0.05) is 11.0 Å². The summed E-state index contributed by atoms with van der Waals surface area (Å²) >= 11 is 3.32. The van der Waals surface area contributed by atoms with Gasteiger partial charge in [-0.25, -0.2) is 4.39 Å². The minimum absolute atomic E-state index is 0.282. The molecule has 1 aliphatic rings. The molecule has 1 saturated carbocycles. The van der Waals surface area contributed by atoms with E-state index in [0.29, 0.717) is 12.2 Å². The Morgan fingerprint density at radius 1 is 1.22 bits per heavy atom. The number of halogens is 2. The summed E-state index contributed by atoms with van der Waals surface area (Å²) in [5, 5.41) is 13.5. The summed E-state index contributed by atoms with van der Waals surface area (Å²) in [5.74, 6) is -0.282. The van der Waals surface area contributed by atoms with Gasteiger partial charge >= 0.3 is 0 Å². The van der Waals surface area contributed by atoms with Gasteiger partial charge in [-0.1, -0.05) is 41.6 Å². The lowest BCUT2D eigenvalue weighted by molar-refractivity contribution is 0.0381. The molecule has 0 saturated heterocycles. The van der Waals surface area contributed by atoms with Crippen LogP contribution < -0.4 is 5.32 Å². The quantitative estimate of drug-likeness (QED) is 0.824. The summed E-state index contributed by atoms with van der Waals surface area (Å²) in [5.41, 5.74) is -0.243. The molecule has 1 aromatic rings. The molecule has 1 aromatic carbocycles. The molecule has 0 unspecified atom stereocenters. The predicted octanol–water partition coefficient (Wildman–Crippen LogP) is 4.09. The van der Waals surface area contributed by atoms with E-state index in [0.717, 1.165) is 30.2 Å².